The largest absolute Gasteiger partial charge is 0.456 e. The van der Waals surface area contributed by atoms with Crippen molar-refractivity contribution in [1.29, 1.82) is 0 Å². The lowest BCUT2D eigenvalue weighted by molar-refractivity contribution is -0.123. The molecule has 0 radical (unpaired) electrons. The van der Waals surface area contributed by atoms with Crippen LogP contribution in [0.1, 0.15) is 49.5 Å². The van der Waals surface area contributed by atoms with Gasteiger partial charge < -0.3 is 19.3 Å². The number of carbonyl (C=O) groups excluding carboxylic acids is 3. The number of carbonyl (C=O) groups is 3. The molecule has 208 valence electrons. The third-order valence-electron chi connectivity index (χ3n) is 7.38. The lowest BCUT2D eigenvalue weighted by Crippen LogP contribution is -2.57. The molecule has 2 saturated heterocycles. The summed E-state index contributed by atoms with van der Waals surface area (Å²) in [5.41, 5.74) is 1.16. The van der Waals surface area contributed by atoms with Crippen LogP contribution in [0.5, 0.6) is 0 Å². The summed E-state index contributed by atoms with van der Waals surface area (Å²) in [5.74, 6) is -0.566. The van der Waals surface area contributed by atoms with E-state index in [-0.39, 0.29) is 25.3 Å². The third kappa shape index (κ3) is 5.52. The maximum absolute atomic E-state index is 14.3. The number of para-hydroxylation sites is 2. The van der Waals surface area contributed by atoms with Crippen molar-refractivity contribution in [2.24, 2.45) is 0 Å². The van der Waals surface area contributed by atoms with E-state index in [1.165, 1.54) is 0 Å². The van der Waals surface area contributed by atoms with Crippen molar-refractivity contribution < 1.29 is 23.9 Å². The summed E-state index contributed by atoms with van der Waals surface area (Å²) in [6.07, 6.45) is 0.487. The number of ether oxygens (including phenoxy) is 2. The minimum absolute atomic E-state index is 0.0929. The van der Waals surface area contributed by atoms with Gasteiger partial charge in [0, 0.05) is 18.8 Å². The van der Waals surface area contributed by atoms with Gasteiger partial charge in [-0.25, -0.2) is 9.59 Å². The predicted octanol–water partition coefficient (Wildman–Crippen LogP) is 5.62. The quantitative estimate of drug-likeness (QED) is 0.390. The second-order valence-electron chi connectivity index (χ2n) is 11.2. The number of hydrogen-bond acceptors (Lipinski definition) is 6. The standard InChI is InChI=1S/C32H35N3O5/c1-31(2,3)40-28(36)26-16-10-11-17-27(26)34-23-35(25-14-8-5-9-15-25)32(29(34)37)18-20-33(21-19-32)30(38)39-22-24-12-6-4-7-13-24/h4-17H,18-23H2,1-3H3. The van der Waals surface area contributed by atoms with E-state index in [1.54, 1.807) is 28.0 Å². The van der Waals surface area contributed by atoms with Crippen LogP contribution in [-0.4, -0.2) is 53.8 Å². The summed E-state index contributed by atoms with van der Waals surface area (Å²) in [4.78, 5) is 45.7. The molecular weight excluding hydrogens is 506 g/mol. The van der Waals surface area contributed by atoms with Crippen molar-refractivity contribution in [1.82, 2.24) is 4.90 Å². The number of piperidine rings is 1. The van der Waals surface area contributed by atoms with Gasteiger partial charge in [-0.2, -0.15) is 0 Å². The number of benzene rings is 3. The molecule has 0 saturated carbocycles. The second kappa shape index (κ2) is 11.0. The van der Waals surface area contributed by atoms with E-state index in [2.05, 4.69) is 4.90 Å². The molecule has 3 aromatic carbocycles. The molecule has 8 nitrogen and oxygen atoms in total. The number of amides is 2. The molecular formula is C32H35N3O5. The highest BCUT2D eigenvalue weighted by Crippen LogP contribution is 2.42. The van der Waals surface area contributed by atoms with E-state index in [4.69, 9.17) is 9.47 Å². The van der Waals surface area contributed by atoms with E-state index in [0.29, 0.717) is 37.2 Å². The number of hydrogen-bond donors (Lipinski definition) is 0. The Hall–Kier alpha value is -4.33. The highest BCUT2D eigenvalue weighted by atomic mass is 16.6. The zero-order valence-electron chi connectivity index (χ0n) is 23.2. The number of likely N-dealkylation sites (tertiary alicyclic amines) is 1. The van der Waals surface area contributed by atoms with Gasteiger partial charge in [-0.3, -0.25) is 9.69 Å². The Bertz CT molecular complexity index is 1360. The highest BCUT2D eigenvalue weighted by molar-refractivity contribution is 6.10. The molecule has 2 aliphatic rings. The van der Waals surface area contributed by atoms with E-state index < -0.39 is 17.1 Å². The van der Waals surface area contributed by atoms with Gasteiger partial charge in [0.1, 0.15) is 17.7 Å². The minimum Gasteiger partial charge on any atom is -0.456 e. The molecule has 0 bridgehead atoms. The Morgan fingerprint density at radius 1 is 0.850 bits per heavy atom. The van der Waals surface area contributed by atoms with Crippen LogP contribution in [0, 0.1) is 0 Å². The Labute approximate surface area is 235 Å². The average molecular weight is 542 g/mol. The van der Waals surface area contributed by atoms with Gasteiger partial charge in [0.05, 0.1) is 17.9 Å². The summed E-state index contributed by atoms with van der Waals surface area (Å²) in [7, 11) is 0. The van der Waals surface area contributed by atoms with Crippen molar-refractivity contribution in [3.63, 3.8) is 0 Å². The molecule has 0 aliphatic carbocycles. The van der Waals surface area contributed by atoms with E-state index >= 15 is 0 Å². The number of esters is 1. The molecule has 2 fully saturated rings. The molecule has 0 aromatic heterocycles. The summed E-state index contributed by atoms with van der Waals surface area (Å²) < 4.78 is 11.2. The van der Waals surface area contributed by atoms with Crippen LogP contribution in [0.4, 0.5) is 16.2 Å². The van der Waals surface area contributed by atoms with Gasteiger partial charge in [-0.15, -0.1) is 0 Å². The van der Waals surface area contributed by atoms with Crippen LogP contribution in [0.15, 0.2) is 84.9 Å². The van der Waals surface area contributed by atoms with Crippen LogP contribution in [-0.2, 0) is 20.9 Å². The van der Waals surface area contributed by atoms with Crippen molar-refractivity contribution in [2.75, 3.05) is 29.6 Å². The second-order valence-corrected chi connectivity index (χ2v) is 11.2. The number of rotatable bonds is 5. The summed E-state index contributed by atoms with van der Waals surface area (Å²) >= 11 is 0. The summed E-state index contributed by atoms with van der Waals surface area (Å²) in [6, 6.07) is 26.4. The van der Waals surface area contributed by atoms with Crippen LogP contribution >= 0.6 is 0 Å². The first-order valence-corrected chi connectivity index (χ1v) is 13.6. The first kappa shape index (κ1) is 27.2. The van der Waals surface area contributed by atoms with Gasteiger partial charge in [-0.1, -0.05) is 60.7 Å². The molecule has 0 atom stereocenters. The molecule has 1 spiro atoms. The topological polar surface area (TPSA) is 79.4 Å². The Morgan fingerprint density at radius 2 is 1.45 bits per heavy atom. The molecule has 3 aromatic rings. The molecule has 2 heterocycles. The number of nitrogens with zero attached hydrogens (tertiary/aromatic N) is 3. The van der Waals surface area contributed by atoms with Crippen LogP contribution in [0.2, 0.25) is 0 Å². The number of anilines is 2. The monoisotopic (exact) mass is 541 g/mol. The first-order chi connectivity index (χ1) is 19.2. The summed E-state index contributed by atoms with van der Waals surface area (Å²) in [6.45, 7) is 6.69. The molecule has 40 heavy (non-hydrogen) atoms. The molecule has 0 unspecified atom stereocenters. The molecule has 8 heteroatoms. The molecule has 0 N–H and O–H groups in total. The van der Waals surface area contributed by atoms with Gasteiger partial charge in [-0.05, 0) is 63.4 Å². The Morgan fingerprint density at radius 3 is 2.10 bits per heavy atom. The fraction of sp³-hybridized carbons (Fsp3) is 0.344. The SMILES string of the molecule is CC(C)(C)OC(=O)c1ccccc1N1CN(c2ccccc2)C2(CCN(C(=O)OCc3ccccc3)CC2)C1=O. The minimum atomic E-state index is -0.862. The van der Waals surface area contributed by atoms with Gasteiger partial charge in [0.15, 0.2) is 0 Å². The van der Waals surface area contributed by atoms with Crippen LogP contribution in [0.3, 0.4) is 0 Å². The Balaban J connectivity index is 1.39. The van der Waals surface area contributed by atoms with Gasteiger partial charge >= 0.3 is 12.1 Å². The van der Waals surface area contributed by atoms with E-state index in [0.717, 1.165) is 11.3 Å². The van der Waals surface area contributed by atoms with Crippen LogP contribution in [0.25, 0.3) is 0 Å². The van der Waals surface area contributed by atoms with E-state index in [1.807, 2.05) is 87.5 Å². The fourth-order valence-electron chi connectivity index (χ4n) is 5.40. The van der Waals surface area contributed by atoms with E-state index in [9.17, 15) is 14.4 Å². The van der Waals surface area contributed by atoms with Crippen molar-refractivity contribution in [3.8, 4) is 0 Å². The molecule has 2 amide bonds. The fourth-order valence-corrected chi connectivity index (χ4v) is 5.40. The van der Waals surface area contributed by atoms with Crippen LogP contribution < -0.4 is 9.80 Å². The zero-order chi connectivity index (χ0) is 28.3. The smallest absolute Gasteiger partial charge is 0.410 e. The maximum atomic E-state index is 14.3. The van der Waals surface area contributed by atoms with Gasteiger partial charge in [0.25, 0.3) is 5.91 Å². The van der Waals surface area contributed by atoms with Gasteiger partial charge in [0.2, 0.25) is 0 Å². The lowest BCUT2D eigenvalue weighted by atomic mass is 9.85. The lowest BCUT2D eigenvalue weighted by Gasteiger charge is -2.42. The zero-order valence-corrected chi connectivity index (χ0v) is 23.2. The highest BCUT2D eigenvalue weighted by Gasteiger charge is 2.55. The predicted molar refractivity (Wildman–Crippen MR) is 153 cm³/mol. The van der Waals surface area contributed by atoms with Crippen molar-refractivity contribution in [2.45, 2.75) is 51.4 Å². The van der Waals surface area contributed by atoms with Crippen molar-refractivity contribution in [3.05, 3.63) is 96.1 Å². The maximum Gasteiger partial charge on any atom is 0.410 e. The first-order valence-electron chi connectivity index (χ1n) is 13.6. The Kier molecular flexibility index (Phi) is 7.52. The molecule has 5 rings (SSSR count). The third-order valence-corrected chi connectivity index (χ3v) is 7.38. The normalized spacial score (nSPS) is 16.8. The molecule has 2 aliphatic heterocycles. The van der Waals surface area contributed by atoms with Crippen molar-refractivity contribution >= 4 is 29.3 Å². The average Bonchev–Trinajstić information content (AvgIpc) is 3.23. The summed E-state index contributed by atoms with van der Waals surface area (Å²) in [5, 5.41) is 0.